The van der Waals surface area contributed by atoms with E-state index in [1.807, 2.05) is 0 Å². The molecule has 2 aliphatic rings. The Bertz CT molecular complexity index is 118. The quantitative estimate of drug-likeness (QED) is 0.304. The minimum Gasteiger partial charge on any atom is -1.00 e. The molecular weight excluding hydrogens is 232 g/mol. The molecule has 0 radical (unpaired) electrons. The second-order valence-electron chi connectivity index (χ2n) is 3.29. The molecule has 1 saturated heterocycles. The van der Waals surface area contributed by atoms with Crippen LogP contribution < -0.4 is 17.0 Å². The topological polar surface area (TPSA) is 18.5 Å². The van der Waals surface area contributed by atoms with E-state index in [2.05, 4.69) is 0 Å². The molecule has 0 aromatic heterocycles. The molecule has 0 atom stereocenters. The van der Waals surface area contributed by atoms with E-state index >= 15 is 0 Å². The van der Waals surface area contributed by atoms with Crippen molar-refractivity contribution >= 4 is 23.1 Å². The van der Waals surface area contributed by atoms with Crippen molar-refractivity contribution in [3.8, 4) is 0 Å². The summed E-state index contributed by atoms with van der Waals surface area (Å²) in [6.45, 7) is 1.78. The summed E-state index contributed by atoms with van der Waals surface area (Å²) in [6, 6.07) is 0. The van der Waals surface area contributed by atoms with E-state index in [1.54, 1.807) is 6.61 Å². The van der Waals surface area contributed by atoms with Gasteiger partial charge in [-0.2, -0.15) is 6.61 Å². The van der Waals surface area contributed by atoms with Gasteiger partial charge < -0.3 is 21.9 Å². The molecule has 0 aromatic carbocycles. The monoisotopic (exact) mass is 244 g/mol. The Morgan fingerprint density at radius 1 is 1.08 bits per heavy atom. The summed E-state index contributed by atoms with van der Waals surface area (Å²) in [5.41, 5.74) is 0.0955. The maximum Gasteiger partial charge on any atom is 2.00 e. The molecular formula is C8H13BrMgO2. The van der Waals surface area contributed by atoms with E-state index < -0.39 is 0 Å². The van der Waals surface area contributed by atoms with Crippen molar-refractivity contribution in [2.24, 2.45) is 0 Å². The van der Waals surface area contributed by atoms with Gasteiger partial charge in [-0.05, 0) is 12.8 Å². The molecule has 1 aliphatic heterocycles. The molecule has 1 saturated carbocycles. The third-order valence-electron chi connectivity index (χ3n) is 2.51. The van der Waals surface area contributed by atoms with Gasteiger partial charge in [0.05, 0.1) is 5.60 Å². The van der Waals surface area contributed by atoms with Crippen molar-refractivity contribution in [2.45, 2.75) is 44.1 Å². The molecule has 0 unspecified atom stereocenters. The number of halogens is 1. The van der Waals surface area contributed by atoms with Crippen LogP contribution in [0.1, 0.15) is 38.5 Å². The van der Waals surface area contributed by atoms with Crippen molar-refractivity contribution in [2.75, 3.05) is 0 Å². The molecule has 12 heavy (non-hydrogen) atoms. The van der Waals surface area contributed by atoms with Crippen LogP contribution in [0.2, 0.25) is 0 Å². The molecule has 2 fully saturated rings. The molecule has 2 nitrogen and oxygen atoms in total. The molecule has 66 valence electrons. The Labute approximate surface area is 100 Å². The van der Waals surface area contributed by atoms with Crippen LogP contribution in [0.3, 0.4) is 0 Å². The normalized spacial score (nSPS) is 26.0. The molecule has 4 heteroatoms. The van der Waals surface area contributed by atoms with Crippen molar-refractivity contribution in [3.63, 3.8) is 0 Å². The second kappa shape index (κ2) is 5.80. The van der Waals surface area contributed by atoms with Gasteiger partial charge in [0.15, 0.2) is 0 Å². The molecule has 1 aliphatic carbocycles. The fourth-order valence-electron chi connectivity index (χ4n) is 1.84. The van der Waals surface area contributed by atoms with Crippen LogP contribution in [-0.4, -0.2) is 28.7 Å². The second-order valence-corrected chi connectivity index (χ2v) is 3.29. The molecule has 1 spiro atoms. The molecule has 0 aromatic rings. The summed E-state index contributed by atoms with van der Waals surface area (Å²) >= 11 is 0. The Morgan fingerprint density at radius 2 is 1.75 bits per heavy atom. The standard InChI is InChI=1S/C8H13O2.BrH.Mg/c1-2-4-8(5-3-1)6-7-9-10-8;;/h7H,1-6H2;1H;/q-1;;+2/p-1. The first-order chi connectivity index (χ1) is 4.91. The van der Waals surface area contributed by atoms with E-state index in [-0.39, 0.29) is 45.6 Å². The zero-order valence-electron chi connectivity index (χ0n) is 7.22. The first kappa shape index (κ1) is 13.2. The van der Waals surface area contributed by atoms with Gasteiger partial charge in [-0.3, -0.25) is 4.89 Å². The van der Waals surface area contributed by atoms with Gasteiger partial charge in [0.1, 0.15) is 0 Å². The fraction of sp³-hybridized carbons (Fsp3) is 0.875. The summed E-state index contributed by atoms with van der Waals surface area (Å²) in [7, 11) is 0. The van der Waals surface area contributed by atoms with Crippen molar-refractivity contribution in [1.82, 2.24) is 0 Å². The van der Waals surface area contributed by atoms with Crippen LogP contribution >= 0.6 is 0 Å². The van der Waals surface area contributed by atoms with Crippen LogP contribution in [0.25, 0.3) is 0 Å². The SMILES string of the molecule is [Br-].[CH-]1CC2(CCCCC2)OO1.[Mg+2]. The van der Waals surface area contributed by atoms with Crippen molar-refractivity contribution in [3.05, 3.63) is 6.61 Å². The van der Waals surface area contributed by atoms with E-state index in [1.165, 1.54) is 32.1 Å². The average molecular weight is 245 g/mol. The van der Waals surface area contributed by atoms with E-state index in [0.29, 0.717) is 0 Å². The number of rotatable bonds is 0. The van der Waals surface area contributed by atoms with E-state index in [9.17, 15) is 0 Å². The Balaban J connectivity index is 0.000000605. The zero-order valence-corrected chi connectivity index (χ0v) is 10.2. The van der Waals surface area contributed by atoms with Gasteiger partial charge in [-0.25, -0.2) is 0 Å². The summed E-state index contributed by atoms with van der Waals surface area (Å²) in [4.78, 5) is 10.0. The van der Waals surface area contributed by atoms with Crippen LogP contribution in [0.15, 0.2) is 0 Å². The fourth-order valence-corrected chi connectivity index (χ4v) is 1.84. The van der Waals surface area contributed by atoms with Gasteiger partial charge in [0.25, 0.3) is 0 Å². The van der Waals surface area contributed by atoms with E-state index in [4.69, 9.17) is 9.78 Å². The largest absolute Gasteiger partial charge is 2.00 e. The third kappa shape index (κ3) is 2.84. The predicted molar refractivity (Wildman–Crippen MR) is 42.7 cm³/mol. The van der Waals surface area contributed by atoms with Crippen LogP contribution in [0.4, 0.5) is 0 Å². The molecule has 0 amide bonds. The minimum absolute atomic E-state index is 0. The molecule has 0 N–H and O–H groups in total. The van der Waals surface area contributed by atoms with Crippen LogP contribution in [0.5, 0.6) is 0 Å². The average Bonchev–Trinajstić information content (AvgIpc) is 2.39. The van der Waals surface area contributed by atoms with Crippen molar-refractivity contribution in [1.29, 1.82) is 0 Å². The van der Waals surface area contributed by atoms with Gasteiger partial charge in [-0.1, -0.05) is 19.3 Å². The van der Waals surface area contributed by atoms with Gasteiger partial charge in [0.2, 0.25) is 0 Å². The van der Waals surface area contributed by atoms with Crippen LogP contribution in [-0.2, 0) is 9.78 Å². The van der Waals surface area contributed by atoms with Crippen LogP contribution in [0, 0.1) is 6.61 Å². The molecule has 2 rings (SSSR count). The van der Waals surface area contributed by atoms with Crippen molar-refractivity contribution < 1.29 is 26.8 Å². The molecule has 0 bridgehead atoms. The first-order valence-corrected chi connectivity index (χ1v) is 4.08. The Hall–Kier alpha value is 1.17. The minimum atomic E-state index is 0. The first-order valence-electron chi connectivity index (χ1n) is 4.08. The summed E-state index contributed by atoms with van der Waals surface area (Å²) < 4.78 is 0. The summed E-state index contributed by atoms with van der Waals surface area (Å²) in [6.07, 6.45) is 7.33. The van der Waals surface area contributed by atoms with Gasteiger partial charge in [0, 0.05) is 0 Å². The number of hydrogen-bond acceptors (Lipinski definition) is 2. The predicted octanol–water partition coefficient (Wildman–Crippen LogP) is -1.17. The maximum absolute atomic E-state index is 5.23. The maximum atomic E-state index is 5.23. The summed E-state index contributed by atoms with van der Waals surface area (Å²) in [5, 5.41) is 0. The third-order valence-corrected chi connectivity index (χ3v) is 2.51. The smallest absolute Gasteiger partial charge is 1.00 e. The molecule has 1 heterocycles. The van der Waals surface area contributed by atoms with Gasteiger partial charge in [-0.15, -0.1) is 6.42 Å². The van der Waals surface area contributed by atoms with E-state index in [0.717, 1.165) is 6.42 Å². The Kier molecular flexibility index (Phi) is 6.37. The summed E-state index contributed by atoms with van der Waals surface area (Å²) in [5.74, 6) is 0. The number of hydrogen-bond donors (Lipinski definition) is 0. The Morgan fingerprint density at radius 3 is 2.25 bits per heavy atom. The zero-order chi connectivity index (χ0) is 6.86. The van der Waals surface area contributed by atoms with Gasteiger partial charge >= 0.3 is 23.1 Å².